The second-order valence-electron chi connectivity index (χ2n) is 9.07. The molecule has 5 aromatic rings. The molecule has 1 N–H and O–H groups in total. The quantitative estimate of drug-likeness (QED) is 0.189. The van der Waals surface area contributed by atoms with Crippen molar-refractivity contribution in [3.63, 3.8) is 0 Å². The van der Waals surface area contributed by atoms with E-state index in [1.54, 1.807) is 29.3 Å². The van der Waals surface area contributed by atoms with Crippen LogP contribution in [-0.2, 0) is 0 Å². The van der Waals surface area contributed by atoms with Gasteiger partial charge in [0.2, 0.25) is 0 Å². The zero-order valence-electron chi connectivity index (χ0n) is 21.8. The van der Waals surface area contributed by atoms with Crippen LogP contribution < -0.4 is 10.1 Å². The minimum atomic E-state index is 0. The molecule has 0 aliphatic carbocycles. The molecule has 5 heterocycles. The summed E-state index contributed by atoms with van der Waals surface area (Å²) in [5.41, 5.74) is 2.49. The van der Waals surface area contributed by atoms with Gasteiger partial charge in [-0.15, -0.1) is 48.6 Å². The highest BCUT2D eigenvalue weighted by Gasteiger charge is 2.21. The summed E-state index contributed by atoms with van der Waals surface area (Å²) in [7, 11) is 2.18. The number of rotatable bonds is 7. The van der Waals surface area contributed by atoms with E-state index in [1.807, 2.05) is 55.6 Å². The largest absolute Gasteiger partial charge is 0.453 e. The fourth-order valence-electron chi connectivity index (χ4n) is 4.40. The van der Waals surface area contributed by atoms with E-state index in [4.69, 9.17) is 19.2 Å². The van der Waals surface area contributed by atoms with E-state index < -0.39 is 0 Å². The van der Waals surface area contributed by atoms with Crippen LogP contribution in [0.2, 0.25) is 0 Å². The van der Waals surface area contributed by atoms with Crippen LogP contribution in [0.15, 0.2) is 74.6 Å². The number of thiazole rings is 1. The average Bonchev–Trinajstić information content (AvgIpc) is 3.54. The molecule has 1 saturated heterocycles. The number of likely N-dealkylation sites (tertiary alicyclic amines) is 1. The number of fused-ring (bicyclic) bond motifs is 1. The molecule has 1 aliphatic rings. The van der Waals surface area contributed by atoms with Gasteiger partial charge in [0.15, 0.2) is 16.7 Å². The molecule has 1 aliphatic heterocycles. The number of para-hydroxylation sites is 1. The number of aromatic nitrogens is 4. The lowest BCUT2D eigenvalue weighted by Crippen LogP contribution is -2.29. The third-order valence-electron chi connectivity index (χ3n) is 6.42. The van der Waals surface area contributed by atoms with E-state index in [1.165, 1.54) is 0 Å². The van der Waals surface area contributed by atoms with Crippen molar-refractivity contribution in [2.24, 2.45) is 0 Å². The highest BCUT2D eigenvalue weighted by Crippen LogP contribution is 2.39. The van der Waals surface area contributed by atoms with Gasteiger partial charge in [-0.2, -0.15) is 0 Å². The molecule has 0 atom stereocenters. The number of halogens is 3. The monoisotopic (exact) mass is 638 g/mol. The standard InChI is InChI=1S/C27H26N6O2S2.3ClH/c1-17-24-23(8-11-28-26(24)35-32-17)37-20-14-22(34-19-6-4-3-5-7-19)25(29-15-20)31-27-30-21(16-36-27)18-9-12-33(2)13-10-18;;;/h3-8,11,14-16,18H,9-10,12-13H2,1-2H3,(H,29,30,31);3*1H. The zero-order chi connectivity index (χ0) is 25.2. The molecule has 40 heavy (non-hydrogen) atoms. The lowest BCUT2D eigenvalue weighted by Gasteiger charge is -2.27. The lowest BCUT2D eigenvalue weighted by atomic mass is 9.95. The number of nitrogens with one attached hydrogen (secondary N) is 1. The number of hydrogen-bond acceptors (Lipinski definition) is 10. The predicted molar refractivity (Wildman–Crippen MR) is 168 cm³/mol. The Bertz CT molecular complexity index is 1530. The molecule has 0 bridgehead atoms. The molecule has 6 rings (SSSR count). The minimum Gasteiger partial charge on any atom is -0.453 e. The number of aryl methyl sites for hydroxylation is 1. The molecule has 0 radical (unpaired) electrons. The third-order valence-corrected chi connectivity index (χ3v) is 8.21. The maximum absolute atomic E-state index is 6.28. The summed E-state index contributed by atoms with van der Waals surface area (Å²) in [4.78, 5) is 18.2. The topological polar surface area (TPSA) is 89.2 Å². The number of nitrogens with zero attached hydrogens (tertiary/aromatic N) is 5. The van der Waals surface area contributed by atoms with Crippen LogP contribution in [-0.4, -0.2) is 45.1 Å². The Balaban J connectivity index is 0.00000147. The molecule has 0 saturated carbocycles. The molecule has 0 amide bonds. The van der Waals surface area contributed by atoms with Crippen molar-refractivity contribution in [1.29, 1.82) is 0 Å². The summed E-state index contributed by atoms with van der Waals surface area (Å²) in [5, 5.41) is 11.4. The van der Waals surface area contributed by atoms with Crippen LogP contribution in [0, 0.1) is 6.92 Å². The van der Waals surface area contributed by atoms with E-state index in [0.29, 0.717) is 23.2 Å². The van der Waals surface area contributed by atoms with Crippen molar-refractivity contribution in [3.8, 4) is 11.5 Å². The van der Waals surface area contributed by atoms with Crippen molar-refractivity contribution in [3.05, 3.63) is 71.6 Å². The maximum Gasteiger partial charge on any atom is 0.259 e. The zero-order valence-corrected chi connectivity index (χ0v) is 25.9. The molecule has 13 heteroatoms. The van der Waals surface area contributed by atoms with Gasteiger partial charge in [-0.05, 0) is 58.1 Å². The molecular weight excluding hydrogens is 611 g/mol. The van der Waals surface area contributed by atoms with E-state index in [2.05, 4.69) is 32.8 Å². The van der Waals surface area contributed by atoms with Gasteiger partial charge in [0.25, 0.3) is 5.71 Å². The number of benzene rings is 1. The second kappa shape index (κ2) is 14.3. The molecule has 1 fully saturated rings. The van der Waals surface area contributed by atoms with Gasteiger partial charge in [-0.25, -0.2) is 15.0 Å². The molecule has 0 spiro atoms. The van der Waals surface area contributed by atoms with Gasteiger partial charge in [0.05, 0.1) is 16.8 Å². The van der Waals surface area contributed by atoms with Crippen molar-refractivity contribution < 1.29 is 9.26 Å². The van der Waals surface area contributed by atoms with Crippen LogP contribution in [0.1, 0.15) is 30.1 Å². The van der Waals surface area contributed by atoms with Gasteiger partial charge >= 0.3 is 0 Å². The molecule has 0 unspecified atom stereocenters. The van der Waals surface area contributed by atoms with Gasteiger partial charge in [-0.3, -0.25) is 0 Å². The number of pyridine rings is 2. The SMILES string of the molecule is Cc1noc2nccc(Sc3cnc(Nc4nc(C5CCN(C)CC5)cs4)c(Oc4ccccc4)c3)c12.Cl.Cl.Cl. The van der Waals surface area contributed by atoms with Crippen molar-refractivity contribution >= 4 is 82.4 Å². The van der Waals surface area contributed by atoms with Crippen molar-refractivity contribution in [1.82, 2.24) is 25.0 Å². The first kappa shape index (κ1) is 31.9. The van der Waals surface area contributed by atoms with Crippen molar-refractivity contribution in [2.75, 3.05) is 25.5 Å². The fraction of sp³-hybridized carbons (Fsp3) is 0.259. The summed E-state index contributed by atoms with van der Waals surface area (Å²) < 4.78 is 11.6. The maximum atomic E-state index is 6.28. The van der Waals surface area contributed by atoms with Crippen LogP contribution in [0.4, 0.5) is 10.9 Å². The van der Waals surface area contributed by atoms with Gasteiger partial charge in [0.1, 0.15) is 5.75 Å². The first-order valence-corrected chi connectivity index (χ1v) is 13.8. The first-order chi connectivity index (χ1) is 18.1. The average molecular weight is 640 g/mol. The van der Waals surface area contributed by atoms with Crippen LogP contribution in [0.3, 0.4) is 0 Å². The molecular formula is C27H29Cl3N6O2S2. The van der Waals surface area contributed by atoms with Gasteiger partial charge in [0, 0.05) is 39.5 Å². The Kier molecular flexibility index (Phi) is 11.4. The lowest BCUT2D eigenvalue weighted by molar-refractivity contribution is 0.254. The Morgan fingerprint density at radius 1 is 1.07 bits per heavy atom. The summed E-state index contributed by atoms with van der Waals surface area (Å²) in [6.07, 6.45) is 5.84. The molecule has 212 valence electrons. The summed E-state index contributed by atoms with van der Waals surface area (Å²) in [5.74, 6) is 2.49. The fourth-order valence-corrected chi connectivity index (χ4v) is 6.19. The number of hydrogen-bond donors (Lipinski definition) is 1. The predicted octanol–water partition coefficient (Wildman–Crippen LogP) is 8.14. The third kappa shape index (κ3) is 7.18. The first-order valence-electron chi connectivity index (χ1n) is 12.1. The Morgan fingerprint density at radius 3 is 2.62 bits per heavy atom. The normalized spacial score (nSPS) is 13.7. The number of piperidine rings is 1. The van der Waals surface area contributed by atoms with E-state index in [0.717, 1.165) is 63.4 Å². The van der Waals surface area contributed by atoms with Crippen LogP contribution in [0.5, 0.6) is 11.5 Å². The molecule has 4 aromatic heterocycles. The summed E-state index contributed by atoms with van der Waals surface area (Å²) >= 11 is 3.18. The van der Waals surface area contributed by atoms with Gasteiger partial charge in [-0.1, -0.05) is 35.1 Å². The Hall–Kier alpha value is -2.60. The van der Waals surface area contributed by atoms with E-state index in [9.17, 15) is 0 Å². The second-order valence-corrected chi connectivity index (χ2v) is 11.0. The van der Waals surface area contributed by atoms with Crippen LogP contribution >= 0.6 is 60.3 Å². The Morgan fingerprint density at radius 2 is 1.85 bits per heavy atom. The summed E-state index contributed by atoms with van der Waals surface area (Å²) in [6.45, 7) is 4.14. The highest BCUT2D eigenvalue weighted by atomic mass is 35.5. The van der Waals surface area contributed by atoms with Crippen molar-refractivity contribution in [2.45, 2.75) is 35.5 Å². The summed E-state index contributed by atoms with van der Waals surface area (Å²) in [6, 6.07) is 13.7. The smallest absolute Gasteiger partial charge is 0.259 e. The number of ether oxygens (including phenoxy) is 1. The highest BCUT2D eigenvalue weighted by molar-refractivity contribution is 7.99. The minimum absolute atomic E-state index is 0. The van der Waals surface area contributed by atoms with E-state index in [-0.39, 0.29) is 37.2 Å². The van der Waals surface area contributed by atoms with Gasteiger partial charge < -0.3 is 19.5 Å². The Labute approximate surface area is 259 Å². The number of anilines is 2. The molecule has 8 nitrogen and oxygen atoms in total. The van der Waals surface area contributed by atoms with Crippen LogP contribution in [0.25, 0.3) is 11.1 Å². The van der Waals surface area contributed by atoms with E-state index >= 15 is 0 Å². The molecule has 1 aromatic carbocycles.